The second-order valence-corrected chi connectivity index (χ2v) is 7.06. The molecule has 0 radical (unpaired) electrons. The van der Waals surface area contributed by atoms with Gasteiger partial charge in [-0.05, 0) is 45.2 Å². The molecular formula is C21H27N5O3. The van der Waals surface area contributed by atoms with E-state index in [4.69, 9.17) is 4.74 Å². The van der Waals surface area contributed by atoms with Crippen LogP contribution < -0.4 is 10.6 Å². The summed E-state index contributed by atoms with van der Waals surface area (Å²) < 4.78 is 5.03. The number of ether oxygens (including phenoxy) is 1. The molecule has 2 amide bonds. The van der Waals surface area contributed by atoms with Gasteiger partial charge in [0.05, 0.1) is 6.61 Å². The number of rotatable bonds is 5. The van der Waals surface area contributed by atoms with Gasteiger partial charge in [0.1, 0.15) is 17.3 Å². The van der Waals surface area contributed by atoms with Crippen LogP contribution in [0.1, 0.15) is 41.6 Å². The van der Waals surface area contributed by atoms with Crippen LogP contribution in [0, 0.1) is 13.8 Å². The predicted molar refractivity (Wildman–Crippen MR) is 110 cm³/mol. The molecule has 0 bridgehead atoms. The lowest BCUT2D eigenvalue weighted by atomic mass is 10.1. The Morgan fingerprint density at radius 2 is 1.90 bits per heavy atom. The first-order valence-corrected chi connectivity index (χ1v) is 9.87. The standard InChI is InChI=1S/C21H27N5O3/c1-4-29-21(28)26-11-9-16(10-12-26)24-20(27)18-13-19(23-15(3)22-18)25-17-8-6-5-7-14(17)2/h5-8,13,16H,4,9-12H2,1-3H3,(H,24,27)(H,22,23,25). The molecule has 1 fully saturated rings. The minimum atomic E-state index is -0.296. The van der Waals surface area contributed by atoms with E-state index in [9.17, 15) is 9.59 Å². The maximum atomic E-state index is 12.7. The highest BCUT2D eigenvalue weighted by Gasteiger charge is 2.25. The third-order valence-electron chi connectivity index (χ3n) is 4.83. The van der Waals surface area contributed by atoms with Crippen LogP contribution in [0.2, 0.25) is 0 Å². The van der Waals surface area contributed by atoms with Crippen molar-refractivity contribution in [3.8, 4) is 0 Å². The molecule has 2 N–H and O–H groups in total. The number of amides is 2. The molecule has 1 saturated heterocycles. The van der Waals surface area contributed by atoms with Crippen LogP contribution in [-0.4, -0.2) is 52.6 Å². The number of anilines is 2. The summed E-state index contributed by atoms with van der Waals surface area (Å²) in [5, 5.41) is 6.27. The topological polar surface area (TPSA) is 96.5 Å². The summed E-state index contributed by atoms with van der Waals surface area (Å²) in [7, 11) is 0. The number of likely N-dealkylation sites (tertiary alicyclic amines) is 1. The van der Waals surface area contributed by atoms with Crippen molar-refractivity contribution >= 4 is 23.5 Å². The van der Waals surface area contributed by atoms with Gasteiger partial charge in [-0.3, -0.25) is 4.79 Å². The molecule has 0 saturated carbocycles. The summed E-state index contributed by atoms with van der Waals surface area (Å²) in [4.78, 5) is 34.9. The second kappa shape index (κ2) is 9.36. The lowest BCUT2D eigenvalue weighted by molar-refractivity contribution is 0.0856. The molecule has 8 heteroatoms. The van der Waals surface area contributed by atoms with E-state index in [2.05, 4.69) is 20.6 Å². The van der Waals surface area contributed by atoms with E-state index in [-0.39, 0.29) is 18.0 Å². The number of benzene rings is 1. The van der Waals surface area contributed by atoms with Crippen molar-refractivity contribution in [1.29, 1.82) is 0 Å². The monoisotopic (exact) mass is 397 g/mol. The number of para-hydroxylation sites is 1. The van der Waals surface area contributed by atoms with Gasteiger partial charge < -0.3 is 20.3 Å². The van der Waals surface area contributed by atoms with E-state index >= 15 is 0 Å². The average Bonchev–Trinajstić information content (AvgIpc) is 2.70. The Labute approximate surface area is 170 Å². The van der Waals surface area contributed by atoms with Crippen molar-refractivity contribution < 1.29 is 14.3 Å². The molecule has 29 heavy (non-hydrogen) atoms. The number of nitrogens with zero attached hydrogens (tertiary/aromatic N) is 3. The lowest BCUT2D eigenvalue weighted by Crippen LogP contribution is -2.46. The first-order valence-electron chi connectivity index (χ1n) is 9.87. The van der Waals surface area contributed by atoms with Crippen LogP contribution in [-0.2, 0) is 4.74 Å². The van der Waals surface area contributed by atoms with E-state index in [1.807, 2.05) is 31.2 Å². The van der Waals surface area contributed by atoms with E-state index in [1.165, 1.54) is 0 Å². The summed E-state index contributed by atoms with van der Waals surface area (Å²) in [5.74, 6) is 0.859. The van der Waals surface area contributed by atoms with E-state index in [0.29, 0.717) is 49.9 Å². The first-order chi connectivity index (χ1) is 14.0. The number of carbonyl (C=O) groups excluding carboxylic acids is 2. The van der Waals surface area contributed by atoms with Crippen LogP contribution in [0.3, 0.4) is 0 Å². The molecule has 8 nitrogen and oxygen atoms in total. The van der Waals surface area contributed by atoms with Crippen molar-refractivity contribution in [1.82, 2.24) is 20.2 Å². The van der Waals surface area contributed by atoms with Crippen LogP contribution >= 0.6 is 0 Å². The molecule has 1 aromatic heterocycles. The van der Waals surface area contributed by atoms with Crippen molar-refractivity contribution in [2.75, 3.05) is 25.0 Å². The Morgan fingerprint density at radius 3 is 2.59 bits per heavy atom. The van der Waals surface area contributed by atoms with Gasteiger partial charge in [0.2, 0.25) is 0 Å². The number of aromatic nitrogens is 2. The number of nitrogens with one attached hydrogen (secondary N) is 2. The molecule has 0 aliphatic carbocycles. The van der Waals surface area contributed by atoms with Crippen molar-refractivity contribution in [3.63, 3.8) is 0 Å². The first kappa shape index (κ1) is 20.6. The fourth-order valence-electron chi connectivity index (χ4n) is 3.28. The Hall–Kier alpha value is -3.16. The van der Waals surface area contributed by atoms with Crippen molar-refractivity contribution in [2.45, 2.75) is 39.7 Å². The van der Waals surface area contributed by atoms with Crippen molar-refractivity contribution in [3.05, 3.63) is 47.4 Å². The molecule has 1 aliphatic heterocycles. The average molecular weight is 397 g/mol. The van der Waals surface area contributed by atoms with Gasteiger partial charge in [-0.2, -0.15) is 0 Å². The fraction of sp³-hybridized carbons (Fsp3) is 0.429. The smallest absolute Gasteiger partial charge is 0.409 e. The quantitative estimate of drug-likeness (QED) is 0.804. The predicted octanol–water partition coefficient (Wildman–Crippen LogP) is 3.19. The zero-order chi connectivity index (χ0) is 20.8. The highest BCUT2D eigenvalue weighted by atomic mass is 16.6. The zero-order valence-electron chi connectivity index (χ0n) is 17.1. The normalized spacial score (nSPS) is 14.4. The maximum Gasteiger partial charge on any atom is 0.409 e. The Kier molecular flexibility index (Phi) is 6.64. The molecule has 2 heterocycles. The van der Waals surface area contributed by atoms with Gasteiger partial charge in [-0.1, -0.05) is 18.2 Å². The van der Waals surface area contributed by atoms with Crippen LogP contribution in [0.4, 0.5) is 16.3 Å². The number of piperidine rings is 1. The summed E-state index contributed by atoms with van der Waals surface area (Å²) in [6.07, 6.45) is 1.07. The minimum absolute atomic E-state index is 0.00350. The third kappa shape index (κ3) is 5.43. The summed E-state index contributed by atoms with van der Waals surface area (Å²) in [6, 6.07) is 9.53. The van der Waals surface area contributed by atoms with Gasteiger partial charge in [0.25, 0.3) is 5.91 Å². The number of aryl methyl sites for hydroxylation is 2. The van der Waals surface area contributed by atoms with Crippen LogP contribution in [0.15, 0.2) is 30.3 Å². The van der Waals surface area contributed by atoms with Gasteiger partial charge >= 0.3 is 6.09 Å². The van der Waals surface area contributed by atoms with Gasteiger partial charge in [0.15, 0.2) is 0 Å². The Balaban J connectivity index is 1.62. The number of hydrogen-bond acceptors (Lipinski definition) is 6. The molecule has 3 rings (SSSR count). The Morgan fingerprint density at radius 1 is 1.17 bits per heavy atom. The molecule has 1 aromatic carbocycles. The summed E-state index contributed by atoms with van der Waals surface area (Å²) in [6.45, 7) is 7.04. The van der Waals surface area contributed by atoms with Gasteiger partial charge in [-0.25, -0.2) is 14.8 Å². The summed E-state index contributed by atoms with van der Waals surface area (Å²) >= 11 is 0. The lowest BCUT2D eigenvalue weighted by Gasteiger charge is -2.31. The van der Waals surface area contributed by atoms with Gasteiger partial charge in [-0.15, -0.1) is 0 Å². The minimum Gasteiger partial charge on any atom is -0.450 e. The molecule has 0 atom stereocenters. The molecule has 0 unspecified atom stereocenters. The molecule has 0 spiro atoms. The van der Waals surface area contributed by atoms with Crippen LogP contribution in [0.25, 0.3) is 0 Å². The number of hydrogen-bond donors (Lipinski definition) is 2. The SMILES string of the molecule is CCOC(=O)N1CCC(NC(=O)c2cc(Nc3ccccc3C)nc(C)n2)CC1. The molecule has 154 valence electrons. The van der Waals surface area contributed by atoms with Gasteiger partial charge in [0, 0.05) is 30.9 Å². The molecular weight excluding hydrogens is 370 g/mol. The molecule has 1 aliphatic rings. The van der Waals surface area contributed by atoms with E-state index in [1.54, 1.807) is 24.8 Å². The summed E-state index contributed by atoms with van der Waals surface area (Å²) in [5.41, 5.74) is 2.34. The highest BCUT2D eigenvalue weighted by Crippen LogP contribution is 2.19. The maximum absolute atomic E-state index is 12.7. The van der Waals surface area contributed by atoms with E-state index < -0.39 is 0 Å². The zero-order valence-corrected chi connectivity index (χ0v) is 17.1. The Bertz CT molecular complexity index is 878. The van der Waals surface area contributed by atoms with Crippen molar-refractivity contribution in [2.24, 2.45) is 0 Å². The largest absolute Gasteiger partial charge is 0.450 e. The fourth-order valence-corrected chi connectivity index (χ4v) is 3.28. The second-order valence-electron chi connectivity index (χ2n) is 7.06. The molecule has 2 aromatic rings. The van der Waals surface area contributed by atoms with Crippen LogP contribution in [0.5, 0.6) is 0 Å². The third-order valence-corrected chi connectivity index (χ3v) is 4.83. The van der Waals surface area contributed by atoms with E-state index in [0.717, 1.165) is 11.3 Å². The number of carbonyl (C=O) groups is 2. The highest BCUT2D eigenvalue weighted by molar-refractivity contribution is 5.93.